The Morgan fingerprint density at radius 1 is 1.18 bits per heavy atom. The van der Waals surface area contributed by atoms with Crippen LogP contribution >= 0.6 is 0 Å². The molecule has 124 valence electrons. The highest BCUT2D eigenvalue weighted by molar-refractivity contribution is 5.79. The lowest BCUT2D eigenvalue weighted by Crippen LogP contribution is -2.37. The van der Waals surface area contributed by atoms with E-state index in [0.29, 0.717) is 0 Å². The van der Waals surface area contributed by atoms with E-state index in [9.17, 15) is 4.79 Å². The zero-order valence-electron chi connectivity index (χ0n) is 14.2. The average Bonchev–Trinajstić information content (AvgIpc) is 2.49. The third-order valence-corrected chi connectivity index (χ3v) is 3.49. The van der Waals surface area contributed by atoms with Gasteiger partial charge in [0, 0.05) is 37.9 Å². The van der Waals surface area contributed by atoms with Gasteiger partial charge in [-0.2, -0.15) is 0 Å². The van der Waals surface area contributed by atoms with E-state index in [1.807, 2.05) is 23.6 Å². The molecule has 1 heterocycles. The summed E-state index contributed by atoms with van der Waals surface area (Å²) in [5, 5.41) is 6.58. The number of nitrogens with zero attached hydrogens (tertiary/aromatic N) is 2. The molecule has 0 saturated carbocycles. The summed E-state index contributed by atoms with van der Waals surface area (Å²) in [5.41, 5.74) is 1.10. The fraction of sp³-hybridized carbons (Fsp3) is 0.647. The van der Waals surface area contributed by atoms with Crippen LogP contribution in [-0.2, 0) is 6.54 Å². The molecule has 0 bridgehead atoms. The quantitative estimate of drug-likeness (QED) is 0.418. The number of guanidine groups is 1. The van der Waals surface area contributed by atoms with Gasteiger partial charge < -0.3 is 15.2 Å². The summed E-state index contributed by atoms with van der Waals surface area (Å²) in [6.07, 6.45) is 4.27. The molecule has 22 heavy (non-hydrogen) atoms. The molecule has 1 aromatic heterocycles. The minimum atomic E-state index is 0.0815. The van der Waals surface area contributed by atoms with Crippen molar-refractivity contribution < 1.29 is 0 Å². The first-order valence-electron chi connectivity index (χ1n) is 8.37. The highest BCUT2D eigenvalue weighted by Gasteiger charge is 1.99. The van der Waals surface area contributed by atoms with Crippen LogP contribution in [0.15, 0.2) is 28.0 Å². The second kappa shape index (κ2) is 10.9. The largest absolute Gasteiger partial charge is 0.357 e. The first-order valence-corrected chi connectivity index (χ1v) is 8.37. The number of aliphatic imine (C=N–C) groups is 1. The number of rotatable bonds is 9. The summed E-state index contributed by atoms with van der Waals surface area (Å²) >= 11 is 0. The predicted octanol–water partition coefficient (Wildman–Crippen LogP) is 2.29. The van der Waals surface area contributed by atoms with E-state index in [1.165, 1.54) is 6.42 Å². The summed E-state index contributed by atoms with van der Waals surface area (Å²) in [6.45, 7) is 9.60. The molecule has 0 aliphatic heterocycles. The number of nitrogens with one attached hydrogen (secondary N) is 2. The van der Waals surface area contributed by atoms with E-state index >= 15 is 0 Å². The first-order chi connectivity index (χ1) is 10.7. The van der Waals surface area contributed by atoms with Gasteiger partial charge in [-0.3, -0.25) is 9.79 Å². The summed E-state index contributed by atoms with van der Waals surface area (Å²) in [5.74, 6) is 0.893. The molecule has 5 nitrogen and oxygen atoms in total. The molecule has 0 spiro atoms. The zero-order valence-corrected chi connectivity index (χ0v) is 14.2. The summed E-state index contributed by atoms with van der Waals surface area (Å²) < 4.78 is 1.83. The third-order valence-electron chi connectivity index (χ3n) is 3.49. The van der Waals surface area contributed by atoms with E-state index in [0.717, 1.165) is 57.1 Å². The molecular weight excluding hydrogens is 276 g/mol. The number of aryl methyl sites for hydroxylation is 1. The molecule has 0 aliphatic rings. The van der Waals surface area contributed by atoms with E-state index in [-0.39, 0.29) is 5.56 Å². The molecule has 0 radical (unpaired) electrons. The molecule has 5 heteroatoms. The lowest BCUT2D eigenvalue weighted by atomic mass is 10.3. The van der Waals surface area contributed by atoms with Crippen molar-refractivity contribution in [1.82, 2.24) is 15.2 Å². The number of unbranched alkanes of at least 4 members (excludes halogenated alkanes) is 2. The monoisotopic (exact) mass is 306 g/mol. The van der Waals surface area contributed by atoms with Crippen molar-refractivity contribution in [2.75, 3.05) is 19.6 Å². The Balaban J connectivity index is 2.35. The molecule has 2 N–H and O–H groups in total. The van der Waals surface area contributed by atoms with Crippen LogP contribution in [0.1, 0.15) is 45.2 Å². The zero-order chi connectivity index (χ0) is 16.2. The number of pyridine rings is 1. The second-order valence-corrected chi connectivity index (χ2v) is 5.41. The number of hydrogen-bond donors (Lipinski definition) is 2. The molecule has 1 rings (SSSR count). The molecule has 1 aromatic rings. The van der Waals surface area contributed by atoms with Crippen LogP contribution in [0.2, 0.25) is 0 Å². The maximum Gasteiger partial charge on any atom is 0.250 e. The Labute approximate surface area is 133 Å². The van der Waals surface area contributed by atoms with Crippen LogP contribution in [0.3, 0.4) is 0 Å². The van der Waals surface area contributed by atoms with Crippen molar-refractivity contribution in [2.45, 2.75) is 53.0 Å². The average molecular weight is 306 g/mol. The molecule has 0 atom stereocenters. The van der Waals surface area contributed by atoms with Gasteiger partial charge in [-0.15, -0.1) is 0 Å². The van der Waals surface area contributed by atoms with Crippen molar-refractivity contribution >= 4 is 5.96 Å². The van der Waals surface area contributed by atoms with E-state index in [2.05, 4.69) is 29.5 Å². The highest BCUT2D eigenvalue weighted by Crippen LogP contribution is 1.98. The van der Waals surface area contributed by atoms with E-state index in [1.54, 1.807) is 6.07 Å². The fourth-order valence-corrected chi connectivity index (χ4v) is 2.21. The molecule has 0 saturated heterocycles. The van der Waals surface area contributed by atoms with Gasteiger partial charge in [-0.25, -0.2) is 0 Å². The van der Waals surface area contributed by atoms with Crippen LogP contribution in [0.25, 0.3) is 0 Å². The fourth-order valence-electron chi connectivity index (χ4n) is 2.21. The van der Waals surface area contributed by atoms with Gasteiger partial charge in [-0.1, -0.05) is 19.4 Å². The maximum atomic E-state index is 11.8. The number of aromatic nitrogens is 1. The smallest absolute Gasteiger partial charge is 0.250 e. The van der Waals surface area contributed by atoms with Gasteiger partial charge in [0.05, 0.1) is 0 Å². The molecular formula is C17H30N4O. The van der Waals surface area contributed by atoms with Crippen LogP contribution in [0.5, 0.6) is 0 Å². The topological polar surface area (TPSA) is 58.4 Å². The highest BCUT2D eigenvalue weighted by atomic mass is 16.1. The molecule has 0 aliphatic carbocycles. The van der Waals surface area contributed by atoms with E-state index < -0.39 is 0 Å². The normalized spacial score (nSPS) is 11.5. The SMILES string of the molecule is CCCCNC(=NCCCCn1c(C)cccc1=O)NCC. The first kappa shape index (κ1) is 18.3. The standard InChI is InChI=1S/C17H30N4O/c1-4-6-12-19-17(18-5-2)20-13-7-8-14-21-15(3)10-9-11-16(21)22/h9-11H,4-8,12-14H2,1-3H3,(H2,18,19,20). The van der Waals surface area contributed by atoms with Crippen LogP contribution in [0.4, 0.5) is 0 Å². The summed E-state index contributed by atoms with van der Waals surface area (Å²) in [4.78, 5) is 16.3. The van der Waals surface area contributed by atoms with Gasteiger partial charge in [0.2, 0.25) is 0 Å². The van der Waals surface area contributed by atoms with Gasteiger partial charge in [-0.05, 0) is 39.2 Å². The van der Waals surface area contributed by atoms with Crippen molar-refractivity contribution in [3.63, 3.8) is 0 Å². The minimum absolute atomic E-state index is 0.0815. The Morgan fingerprint density at radius 3 is 2.68 bits per heavy atom. The maximum absolute atomic E-state index is 11.8. The Kier molecular flexibility index (Phi) is 9.03. The van der Waals surface area contributed by atoms with E-state index in [4.69, 9.17) is 0 Å². The molecule has 0 unspecified atom stereocenters. The summed E-state index contributed by atoms with van der Waals surface area (Å²) in [6, 6.07) is 5.40. The third kappa shape index (κ3) is 6.78. The van der Waals surface area contributed by atoms with Crippen LogP contribution in [-0.4, -0.2) is 30.2 Å². The molecule has 0 amide bonds. The number of hydrogen-bond acceptors (Lipinski definition) is 2. The Morgan fingerprint density at radius 2 is 2.00 bits per heavy atom. The summed E-state index contributed by atoms with van der Waals surface area (Å²) in [7, 11) is 0. The second-order valence-electron chi connectivity index (χ2n) is 5.41. The van der Waals surface area contributed by atoms with Crippen molar-refractivity contribution in [1.29, 1.82) is 0 Å². The van der Waals surface area contributed by atoms with Crippen molar-refractivity contribution in [2.24, 2.45) is 4.99 Å². The Hall–Kier alpha value is -1.78. The van der Waals surface area contributed by atoms with Gasteiger partial charge >= 0.3 is 0 Å². The Bertz CT molecular complexity index is 508. The van der Waals surface area contributed by atoms with Gasteiger partial charge in [0.25, 0.3) is 5.56 Å². The minimum Gasteiger partial charge on any atom is -0.357 e. The lowest BCUT2D eigenvalue weighted by Gasteiger charge is -2.11. The van der Waals surface area contributed by atoms with Gasteiger partial charge in [0.1, 0.15) is 0 Å². The van der Waals surface area contributed by atoms with Crippen molar-refractivity contribution in [3.05, 3.63) is 34.2 Å². The van der Waals surface area contributed by atoms with Crippen LogP contribution < -0.4 is 16.2 Å². The van der Waals surface area contributed by atoms with Crippen LogP contribution in [0, 0.1) is 6.92 Å². The molecule has 0 fully saturated rings. The predicted molar refractivity (Wildman–Crippen MR) is 93.6 cm³/mol. The van der Waals surface area contributed by atoms with Gasteiger partial charge in [0.15, 0.2) is 5.96 Å². The lowest BCUT2D eigenvalue weighted by molar-refractivity contribution is 0.585. The molecule has 0 aromatic carbocycles. The van der Waals surface area contributed by atoms with Crippen molar-refractivity contribution in [3.8, 4) is 0 Å².